The molecule has 3 rings (SSSR count). The summed E-state index contributed by atoms with van der Waals surface area (Å²) in [6.07, 6.45) is 0. The number of rotatable bonds is 1. The van der Waals surface area contributed by atoms with Crippen LogP contribution < -0.4 is 5.73 Å². The van der Waals surface area contributed by atoms with Crippen molar-refractivity contribution in [2.75, 3.05) is 5.73 Å². The first kappa shape index (κ1) is 13.1. The number of nitrogens with two attached hydrogens (primary N) is 1. The molecule has 0 aliphatic carbocycles. The highest BCUT2D eigenvalue weighted by Crippen LogP contribution is 2.38. The van der Waals surface area contributed by atoms with Crippen LogP contribution in [-0.4, -0.2) is 4.98 Å². The Bertz CT molecular complexity index is 783. The predicted molar refractivity (Wildman–Crippen MR) is 87.0 cm³/mol. The van der Waals surface area contributed by atoms with Crippen LogP contribution in [0.15, 0.2) is 48.2 Å². The van der Waals surface area contributed by atoms with Gasteiger partial charge in [0, 0.05) is 8.95 Å². The van der Waals surface area contributed by atoms with Crippen LogP contribution >= 0.6 is 47.8 Å². The molecule has 0 amide bonds. The van der Waals surface area contributed by atoms with Gasteiger partial charge in [0.2, 0.25) is 5.89 Å². The summed E-state index contributed by atoms with van der Waals surface area (Å²) in [6, 6.07) is 9.62. The lowest BCUT2D eigenvalue weighted by atomic mass is 10.2. The molecule has 3 aromatic rings. The smallest absolute Gasteiger partial charge is 0.228 e. The maximum absolute atomic E-state index is 5.94. The van der Waals surface area contributed by atoms with E-state index in [-0.39, 0.29) is 0 Å². The highest BCUT2D eigenvalue weighted by atomic mass is 79.9. The highest BCUT2D eigenvalue weighted by molar-refractivity contribution is 9.11. The number of fused-ring (bicyclic) bond motifs is 1. The maximum Gasteiger partial charge on any atom is 0.228 e. The summed E-state index contributed by atoms with van der Waals surface area (Å²) < 4.78 is 8.25. The topological polar surface area (TPSA) is 52.0 Å². The molecular weight excluding hydrogens is 440 g/mol. The second kappa shape index (κ2) is 4.92. The monoisotopic (exact) mass is 444 g/mol. The van der Waals surface area contributed by atoms with Crippen LogP contribution in [0.1, 0.15) is 0 Å². The first-order chi connectivity index (χ1) is 9.08. The normalized spacial score (nSPS) is 11.1. The number of benzene rings is 2. The molecule has 0 aliphatic heterocycles. The molecule has 0 spiro atoms. The Labute approximate surface area is 134 Å². The Hall–Kier alpha value is -0.850. The van der Waals surface area contributed by atoms with Crippen LogP contribution in [0, 0.1) is 0 Å². The van der Waals surface area contributed by atoms with Gasteiger partial charge < -0.3 is 10.2 Å². The molecule has 0 atom stereocenters. The third-order valence-corrected chi connectivity index (χ3v) is 4.85. The van der Waals surface area contributed by atoms with E-state index in [0.717, 1.165) is 20.0 Å². The van der Waals surface area contributed by atoms with Crippen LogP contribution in [0.5, 0.6) is 0 Å². The number of oxazole rings is 1. The van der Waals surface area contributed by atoms with Gasteiger partial charge in [0.25, 0.3) is 0 Å². The molecular formula is C13H7Br3N2O. The Morgan fingerprint density at radius 3 is 2.53 bits per heavy atom. The van der Waals surface area contributed by atoms with E-state index >= 15 is 0 Å². The highest BCUT2D eigenvalue weighted by Gasteiger charge is 2.16. The van der Waals surface area contributed by atoms with Crippen molar-refractivity contribution in [2.24, 2.45) is 0 Å². The second-order valence-electron chi connectivity index (χ2n) is 3.93. The Morgan fingerprint density at radius 2 is 1.79 bits per heavy atom. The summed E-state index contributed by atoms with van der Waals surface area (Å²) in [7, 11) is 0. The Balaban J connectivity index is 2.29. The molecule has 0 fully saturated rings. The third-order valence-electron chi connectivity index (χ3n) is 2.71. The summed E-state index contributed by atoms with van der Waals surface area (Å²) in [4.78, 5) is 4.49. The molecule has 0 saturated carbocycles. The number of hydrogen-bond acceptors (Lipinski definition) is 3. The van der Waals surface area contributed by atoms with E-state index in [1.165, 1.54) is 0 Å². The standard InChI is InChI=1S/C13H7Br3N2O/c14-7-4-2-1-3-6(7)13-18-9-5-8(15)11(17)10(16)12(9)19-13/h1-5H,17H2. The van der Waals surface area contributed by atoms with Crippen molar-refractivity contribution in [3.05, 3.63) is 43.7 Å². The van der Waals surface area contributed by atoms with Gasteiger partial charge in [-0.2, -0.15) is 0 Å². The lowest BCUT2D eigenvalue weighted by molar-refractivity contribution is 0.618. The van der Waals surface area contributed by atoms with Crippen LogP contribution in [0.3, 0.4) is 0 Å². The van der Waals surface area contributed by atoms with E-state index in [4.69, 9.17) is 10.2 Å². The van der Waals surface area contributed by atoms with Crippen molar-refractivity contribution >= 4 is 64.6 Å². The fraction of sp³-hybridized carbons (Fsp3) is 0. The summed E-state index contributed by atoms with van der Waals surface area (Å²) in [5.41, 5.74) is 8.83. The number of nitrogens with zero attached hydrogens (tertiary/aromatic N) is 1. The van der Waals surface area contributed by atoms with Gasteiger partial charge in [0.15, 0.2) is 5.58 Å². The van der Waals surface area contributed by atoms with Crippen LogP contribution in [0.2, 0.25) is 0 Å². The van der Waals surface area contributed by atoms with Crippen molar-refractivity contribution in [1.82, 2.24) is 4.98 Å². The lowest BCUT2D eigenvalue weighted by Gasteiger charge is -2.00. The molecule has 2 N–H and O–H groups in total. The van der Waals surface area contributed by atoms with E-state index in [0.29, 0.717) is 21.6 Å². The summed E-state index contributed by atoms with van der Waals surface area (Å²) in [5, 5.41) is 0. The predicted octanol–water partition coefficient (Wildman–Crippen LogP) is 5.36. The van der Waals surface area contributed by atoms with E-state index < -0.39 is 0 Å². The van der Waals surface area contributed by atoms with E-state index in [1.807, 2.05) is 30.3 Å². The minimum atomic E-state index is 0.556. The number of hydrogen-bond donors (Lipinski definition) is 1. The molecule has 1 aromatic heterocycles. The van der Waals surface area contributed by atoms with Crippen molar-refractivity contribution in [3.63, 3.8) is 0 Å². The first-order valence-electron chi connectivity index (χ1n) is 5.37. The van der Waals surface area contributed by atoms with Crippen molar-refractivity contribution < 1.29 is 4.42 Å². The van der Waals surface area contributed by atoms with Gasteiger partial charge in [-0.15, -0.1) is 0 Å². The van der Waals surface area contributed by atoms with Crippen molar-refractivity contribution in [2.45, 2.75) is 0 Å². The average molecular weight is 447 g/mol. The molecule has 0 unspecified atom stereocenters. The van der Waals surface area contributed by atoms with Crippen molar-refractivity contribution in [1.29, 1.82) is 0 Å². The molecule has 0 radical (unpaired) electrons. The molecule has 96 valence electrons. The molecule has 0 saturated heterocycles. The van der Waals surface area contributed by atoms with Gasteiger partial charge in [-0.3, -0.25) is 0 Å². The molecule has 0 aliphatic rings. The van der Waals surface area contributed by atoms with Gasteiger partial charge in [0.05, 0.1) is 15.7 Å². The zero-order valence-electron chi connectivity index (χ0n) is 9.45. The quantitative estimate of drug-likeness (QED) is 0.511. The minimum absolute atomic E-state index is 0.556. The molecule has 6 heteroatoms. The Kier molecular flexibility index (Phi) is 3.41. The fourth-order valence-electron chi connectivity index (χ4n) is 1.76. The van der Waals surface area contributed by atoms with Gasteiger partial charge in [-0.05, 0) is 66.0 Å². The van der Waals surface area contributed by atoms with Gasteiger partial charge in [-0.25, -0.2) is 4.98 Å². The molecule has 0 bridgehead atoms. The van der Waals surface area contributed by atoms with E-state index in [2.05, 4.69) is 52.8 Å². The summed E-state index contributed by atoms with van der Waals surface area (Å²) in [6.45, 7) is 0. The van der Waals surface area contributed by atoms with Gasteiger partial charge in [0.1, 0.15) is 5.52 Å². The Morgan fingerprint density at radius 1 is 1.05 bits per heavy atom. The number of halogens is 3. The lowest BCUT2D eigenvalue weighted by Crippen LogP contribution is -1.88. The number of anilines is 1. The van der Waals surface area contributed by atoms with Crippen LogP contribution in [0.4, 0.5) is 5.69 Å². The second-order valence-corrected chi connectivity index (χ2v) is 6.43. The molecule has 1 heterocycles. The van der Waals surface area contributed by atoms with Crippen LogP contribution in [-0.2, 0) is 0 Å². The first-order valence-corrected chi connectivity index (χ1v) is 7.74. The molecule has 2 aromatic carbocycles. The van der Waals surface area contributed by atoms with Crippen LogP contribution in [0.25, 0.3) is 22.6 Å². The summed E-state index contributed by atoms with van der Waals surface area (Å²) >= 11 is 10.3. The van der Waals surface area contributed by atoms with Gasteiger partial charge in [-0.1, -0.05) is 12.1 Å². The zero-order valence-corrected chi connectivity index (χ0v) is 14.2. The van der Waals surface area contributed by atoms with Crippen molar-refractivity contribution in [3.8, 4) is 11.5 Å². The molecule has 3 nitrogen and oxygen atoms in total. The van der Waals surface area contributed by atoms with E-state index in [9.17, 15) is 0 Å². The van der Waals surface area contributed by atoms with Gasteiger partial charge >= 0.3 is 0 Å². The molecule has 19 heavy (non-hydrogen) atoms. The zero-order chi connectivity index (χ0) is 13.6. The fourth-order valence-corrected chi connectivity index (χ4v) is 3.39. The number of nitrogen functional groups attached to an aromatic ring is 1. The largest absolute Gasteiger partial charge is 0.435 e. The SMILES string of the molecule is Nc1c(Br)cc2nc(-c3ccccc3Br)oc2c1Br. The average Bonchev–Trinajstić information content (AvgIpc) is 2.80. The summed E-state index contributed by atoms with van der Waals surface area (Å²) in [5.74, 6) is 0.556. The third kappa shape index (κ3) is 2.22. The van der Waals surface area contributed by atoms with E-state index in [1.54, 1.807) is 0 Å². The maximum atomic E-state index is 5.94. The number of aromatic nitrogens is 1. The minimum Gasteiger partial charge on any atom is -0.435 e.